The van der Waals surface area contributed by atoms with Gasteiger partial charge in [-0.15, -0.1) is 0 Å². The Balaban J connectivity index is 2.09. The Kier molecular flexibility index (Phi) is 7.03. The maximum atomic E-state index is 6.15. The molecule has 1 aliphatic heterocycles. The van der Waals surface area contributed by atoms with Crippen LogP contribution in [0.5, 0.6) is 5.75 Å². The van der Waals surface area contributed by atoms with Crippen molar-refractivity contribution in [1.29, 1.82) is 0 Å². The molecule has 1 aromatic rings. The van der Waals surface area contributed by atoms with Crippen LogP contribution in [0.1, 0.15) is 33.1 Å². The summed E-state index contributed by atoms with van der Waals surface area (Å²) in [4.78, 5) is 0. The minimum absolute atomic E-state index is 0.119. The summed E-state index contributed by atoms with van der Waals surface area (Å²) in [5.41, 5.74) is -1.10. The van der Waals surface area contributed by atoms with Crippen LogP contribution in [0.4, 0.5) is 0 Å². The van der Waals surface area contributed by atoms with Gasteiger partial charge in [-0.25, -0.2) is 0 Å². The average Bonchev–Trinajstić information content (AvgIpc) is 2.51. The van der Waals surface area contributed by atoms with Gasteiger partial charge in [0, 0.05) is 10.2 Å². The minimum Gasteiger partial charge on any atom is -0.436 e. The smallest absolute Gasteiger partial charge is 0.297 e. The Labute approximate surface area is 151 Å². The summed E-state index contributed by atoms with van der Waals surface area (Å²) in [5.74, 6) is 2.30. The number of benzene rings is 1. The molecule has 2 nitrogen and oxygen atoms in total. The molecule has 0 unspecified atom stereocenters. The molecule has 6 heteroatoms. The molecular formula is C16H22BrO2PS2. The highest BCUT2D eigenvalue weighted by Gasteiger charge is 2.28. The molecular weight excluding hydrogens is 399 g/mol. The molecule has 0 radical (unpaired) electrons. The van der Waals surface area contributed by atoms with Gasteiger partial charge in [-0.2, -0.15) is 0 Å². The largest absolute Gasteiger partial charge is 0.436 e. The lowest BCUT2D eigenvalue weighted by Gasteiger charge is -2.24. The standard InChI is InChI=1S/C16H22BrO2PS2/c1-12(2)14-5-4-13(3)18-20(21,22-11-10-14)19-16-8-6-15(17)7-9-16/h6-9,13-14H,1,4-5,10-11H2,2-3H3/t13-,14+,20-/m1/s1. The van der Waals surface area contributed by atoms with E-state index in [0.717, 1.165) is 35.2 Å². The third-order valence-corrected chi connectivity index (χ3v) is 9.40. The van der Waals surface area contributed by atoms with Gasteiger partial charge in [-0.05, 0) is 75.1 Å². The maximum absolute atomic E-state index is 6.15. The molecule has 2 rings (SSSR count). The molecule has 0 N–H and O–H groups in total. The normalized spacial score (nSPS) is 30.0. The fourth-order valence-corrected chi connectivity index (χ4v) is 7.71. The van der Waals surface area contributed by atoms with E-state index in [2.05, 4.69) is 36.4 Å². The molecule has 0 amide bonds. The first-order chi connectivity index (χ1) is 10.4. The number of hydrogen-bond acceptors (Lipinski definition) is 4. The van der Waals surface area contributed by atoms with Gasteiger partial charge in [-0.1, -0.05) is 39.5 Å². The zero-order valence-electron chi connectivity index (χ0n) is 13.0. The van der Waals surface area contributed by atoms with Crippen LogP contribution >= 0.6 is 33.0 Å². The van der Waals surface area contributed by atoms with E-state index in [4.69, 9.17) is 20.9 Å². The van der Waals surface area contributed by atoms with Gasteiger partial charge in [0.25, 0.3) is 5.69 Å². The van der Waals surface area contributed by atoms with Crippen molar-refractivity contribution in [3.63, 3.8) is 0 Å². The topological polar surface area (TPSA) is 18.5 Å². The predicted octanol–water partition coefficient (Wildman–Crippen LogP) is 6.57. The first kappa shape index (κ1) is 18.5. The van der Waals surface area contributed by atoms with Crippen LogP contribution in [0.3, 0.4) is 0 Å². The zero-order chi connectivity index (χ0) is 16.2. The summed E-state index contributed by atoms with van der Waals surface area (Å²) in [6.45, 7) is 8.33. The Hall–Kier alpha value is 0.200. The summed E-state index contributed by atoms with van der Waals surface area (Å²) >= 11 is 10.8. The van der Waals surface area contributed by atoms with Crippen LogP contribution < -0.4 is 4.52 Å². The van der Waals surface area contributed by atoms with Gasteiger partial charge in [0.1, 0.15) is 5.75 Å². The second-order valence-electron chi connectivity index (χ2n) is 5.65. The van der Waals surface area contributed by atoms with Gasteiger partial charge >= 0.3 is 0 Å². The van der Waals surface area contributed by atoms with Gasteiger partial charge in [0.2, 0.25) is 0 Å². The molecule has 0 saturated carbocycles. The molecule has 1 aliphatic rings. The molecule has 0 spiro atoms. The lowest BCUT2D eigenvalue weighted by atomic mass is 9.93. The highest BCUT2D eigenvalue weighted by molar-refractivity contribution is 9.10. The second-order valence-corrected chi connectivity index (χ2v) is 12.9. The molecule has 3 atom stereocenters. The summed E-state index contributed by atoms with van der Waals surface area (Å²) in [6.07, 6.45) is 3.33. The minimum atomic E-state index is -2.36. The van der Waals surface area contributed by atoms with Crippen molar-refractivity contribution in [3.05, 3.63) is 40.9 Å². The van der Waals surface area contributed by atoms with Crippen LogP contribution in [0, 0.1) is 5.92 Å². The van der Waals surface area contributed by atoms with Crippen molar-refractivity contribution in [2.24, 2.45) is 5.92 Å². The highest BCUT2D eigenvalue weighted by atomic mass is 79.9. The molecule has 1 heterocycles. The monoisotopic (exact) mass is 420 g/mol. The summed E-state index contributed by atoms with van der Waals surface area (Å²) in [5, 5.41) is 0. The average molecular weight is 421 g/mol. The molecule has 0 bridgehead atoms. The van der Waals surface area contributed by atoms with Crippen LogP contribution in [0.25, 0.3) is 0 Å². The summed E-state index contributed by atoms with van der Waals surface area (Å²) < 4.78 is 13.3. The highest BCUT2D eigenvalue weighted by Crippen LogP contribution is 2.62. The number of rotatable bonds is 3. The Morgan fingerprint density at radius 3 is 2.68 bits per heavy atom. The van der Waals surface area contributed by atoms with Crippen molar-refractivity contribution in [2.75, 3.05) is 5.75 Å². The van der Waals surface area contributed by atoms with Crippen LogP contribution in [-0.4, -0.2) is 11.9 Å². The van der Waals surface area contributed by atoms with Gasteiger partial charge < -0.3 is 9.05 Å². The first-order valence-corrected chi connectivity index (χ1v) is 12.4. The summed E-state index contributed by atoms with van der Waals surface area (Å²) in [6, 6.07) is 7.77. The van der Waals surface area contributed by atoms with Crippen molar-refractivity contribution in [1.82, 2.24) is 0 Å². The van der Waals surface area contributed by atoms with Gasteiger partial charge in [0.15, 0.2) is 0 Å². The lowest BCUT2D eigenvalue weighted by Crippen LogP contribution is -2.09. The van der Waals surface area contributed by atoms with Crippen molar-refractivity contribution < 1.29 is 9.05 Å². The zero-order valence-corrected chi connectivity index (χ0v) is 17.1. The molecule has 122 valence electrons. The fraction of sp³-hybridized carbons (Fsp3) is 0.500. The Morgan fingerprint density at radius 2 is 2.05 bits per heavy atom. The molecule has 1 aromatic carbocycles. The summed E-state index contributed by atoms with van der Waals surface area (Å²) in [7, 11) is 0. The number of hydrogen-bond donors (Lipinski definition) is 0. The fourth-order valence-electron chi connectivity index (χ4n) is 2.36. The van der Waals surface area contributed by atoms with Gasteiger partial charge in [-0.3, -0.25) is 0 Å². The quantitative estimate of drug-likeness (QED) is 0.406. The Morgan fingerprint density at radius 1 is 1.36 bits per heavy atom. The first-order valence-electron chi connectivity index (χ1n) is 7.41. The van der Waals surface area contributed by atoms with E-state index in [1.54, 1.807) is 11.4 Å². The van der Waals surface area contributed by atoms with E-state index in [1.807, 2.05) is 24.3 Å². The van der Waals surface area contributed by atoms with Crippen molar-refractivity contribution in [3.8, 4) is 5.75 Å². The van der Waals surface area contributed by atoms with Crippen molar-refractivity contribution >= 4 is 44.8 Å². The maximum Gasteiger partial charge on any atom is 0.297 e. The van der Waals surface area contributed by atoms with Crippen LogP contribution in [0.2, 0.25) is 0 Å². The van der Waals surface area contributed by atoms with Crippen molar-refractivity contribution in [2.45, 2.75) is 39.2 Å². The number of halogens is 1. The van der Waals surface area contributed by atoms with E-state index < -0.39 is 5.69 Å². The van der Waals surface area contributed by atoms with E-state index in [1.165, 1.54) is 5.57 Å². The van der Waals surface area contributed by atoms with Gasteiger partial charge in [0.05, 0.1) is 6.10 Å². The SMILES string of the molecule is C=C(C)[C@@H]1CCS[P@@](=S)(Oc2ccc(Br)cc2)O[C@H](C)CC1. The van der Waals surface area contributed by atoms with E-state index in [9.17, 15) is 0 Å². The van der Waals surface area contributed by atoms with E-state index in [-0.39, 0.29) is 6.10 Å². The predicted molar refractivity (Wildman–Crippen MR) is 104 cm³/mol. The molecule has 22 heavy (non-hydrogen) atoms. The van der Waals surface area contributed by atoms with E-state index >= 15 is 0 Å². The molecule has 0 aromatic heterocycles. The number of allylic oxidation sites excluding steroid dienone is 1. The molecule has 0 aliphatic carbocycles. The third-order valence-electron chi connectivity index (χ3n) is 3.67. The van der Waals surface area contributed by atoms with E-state index in [0.29, 0.717) is 5.92 Å². The Bertz CT molecular complexity index is 562. The van der Waals surface area contributed by atoms with Crippen LogP contribution in [0.15, 0.2) is 40.9 Å². The lowest BCUT2D eigenvalue weighted by molar-refractivity contribution is 0.211. The molecule has 1 fully saturated rings. The molecule has 1 saturated heterocycles. The third kappa shape index (κ3) is 5.68. The van der Waals surface area contributed by atoms with Crippen LogP contribution in [-0.2, 0) is 16.3 Å². The second kappa shape index (κ2) is 8.34.